The van der Waals surface area contributed by atoms with E-state index < -0.39 is 6.29 Å². The SMILES string of the molecule is CCO[C@H]1OC(C(=O)N2CC2)=C[C@@H](C(C)(C)C)[C@@H]1CCCO. The zero-order valence-electron chi connectivity index (χ0n) is 14.2. The highest BCUT2D eigenvalue weighted by molar-refractivity contribution is 5.93. The minimum Gasteiger partial charge on any atom is -0.459 e. The van der Waals surface area contributed by atoms with Gasteiger partial charge in [0.05, 0.1) is 0 Å². The number of hydrogen-bond donors (Lipinski definition) is 1. The van der Waals surface area contributed by atoms with Crippen LogP contribution >= 0.6 is 0 Å². The lowest BCUT2D eigenvalue weighted by Crippen LogP contribution is -2.42. The van der Waals surface area contributed by atoms with Gasteiger partial charge in [0, 0.05) is 32.2 Å². The van der Waals surface area contributed by atoms with Crippen LogP contribution in [0.4, 0.5) is 0 Å². The fourth-order valence-corrected chi connectivity index (χ4v) is 3.10. The van der Waals surface area contributed by atoms with Crippen LogP contribution in [0.5, 0.6) is 0 Å². The molecular formula is C17H29NO4. The second-order valence-corrected chi connectivity index (χ2v) is 7.19. The molecule has 0 aromatic carbocycles. The average molecular weight is 311 g/mol. The van der Waals surface area contributed by atoms with Gasteiger partial charge >= 0.3 is 0 Å². The first-order chi connectivity index (χ1) is 10.4. The summed E-state index contributed by atoms with van der Waals surface area (Å²) in [6.07, 6.45) is 3.11. The smallest absolute Gasteiger partial charge is 0.288 e. The van der Waals surface area contributed by atoms with Gasteiger partial charge in [0.25, 0.3) is 5.91 Å². The Morgan fingerprint density at radius 1 is 1.45 bits per heavy atom. The van der Waals surface area contributed by atoms with Crippen molar-refractivity contribution in [3.63, 3.8) is 0 Å². The van der Waals surface area contributed by atoms with Gasteiger partial charge in [-0.3, -0.25) is 4.79 Å². The molecule has 0 aromatic heterocycles. The van der Waals surface area contributed by atoms with E-state index in [-0.39, 0.29) is 29.8 Å². The number of carbonyl (C=O) groups is 1. The first-order valence-corrected chi connectivity index (χ1v) is 8.28. The van der Waals surface area contributed by atoms with Crippen LogP contribution in [0.3, 0.4) is 0 Å². The van der Waals surface area contributed by atoms with Crippen molar-refractivity contribution in [1.82, 2.24) is 4.90 Å². The number of rotatable bonds is 6. The highest BCUT2D eigenvalue weighted by Gasteiger charge is 2.43. The van der Waals surface area contributed by atoms with E-state index in [2.05, 4.69) is 20.8 Å². The molecule has 5 heteroatoms. The van der Waals surface area contributed by atoms with Gasteiger partial charge in [-0.2, -0.15) is 0 Å². The van der Waals surface area contributed by atoms with Crippen molar-refractivity contribution >= 4 is 5.91 Å². The zero-order valence-corrected chi connectivity index (χ0v) is 14.2. The number of aliphatic hydroxyl groups is 1. The van der Waals surface area contributed by atoms with Gasteiger partial charge < -0.3 is 19.5 Å². The standard InChI is InChI=1S/C17H29NO4/c1-5-21-16-12(7-6-10-19)13(17(2,3)4)11-14(22-16)15(20)18-8-9-18/h11-13,16,19H,5-10H2,1-4H3/t12-,13+,16-/m0/s1. The second-order valence-electron chi connectivity index (χ2n) is 7.19. The van der Waals surface area contributed by atoms with Gasteiger partial charge in [-0.05, 0) is 37.2 Å². The third kappa shape index (κ3) is 4.02. The van der Waals surface area contributed by atoms with E-state index >= 15 is 0 Å². The van der Waals surface area contributed by atoms with E-state index in [1.54, 1.807) is 4.90 Å². The van der Waals surface area contributed by atoms with Crippen molar-refractivity contribution in [2.24, 2.45) is 17.3 Å². The summed E-state index contributed by atoms with van der Waals surface area (Å²) < 4.78 is 11.7. The average Bonchev–Trinajstić information content (AvgIpc) is 3.28. The Balaban J connectivity index is 2.26. The third-order valence-electron chi connectivity index (χ3n) is 4.36. The molecule has 0 bridgehead atoms. The molecule has 22 heavy (non-hydrogen) atoms. The van der Waals surface area contributed by atoms with Crippen molar-refractivity contribution in [2.75, 3.05) is 26.3 Å². The molecule has 2 aliphatic rings. The Kier molecular flexibility index (Phi) is 5.50. The van der Waals surface area contributed by atoms with Crippen LogP contribution in [0.1, 0.15) is 40.5 Å². The number of aliphatic hydroxyl groups excluding tert-OH is 1. The molecule has 2 aliphatic heterocycles. The third-order valence-corrected chi connectivity index (χ3v) is 4.36. The van der Waals surface area contributed by atoms with Crippen LogP contribution in [0.25, 0.3) is 0 Å². The summed E-state index contributed by atoms with van der Waals surface area (Å²) in [5.41, 5.74) is 0.00364. The Morgan fingerprint density at radius 3 is 2.64 bits per heavy atom. The normalized spacial score (nSPS) is 28.1. The van der Waals surface area contributed by atoms with Crippen molar-refractivity contribution < 1.29 is 19.4 Å². The largest absolute Gasteiger partial charge is 0.459 e. The summed E-state index contributed by atoms with van der Waals surface area (Å²) in [6, 6.07) is 0. The molecule has 0 aromatic rings. The molecule has 1 saturated heterocycles. The maximum atomic E-state index is 12.3. The number of nitrogens with zero attached hydrogens (tertiary/aromatic N) is 1. The lowest BCUT2D eigenvalue weighted by molar-refractivity contribution is -0.180. The lowest BCUT2D eigenvalue weighted by Gasteiger charge is -2.42. The number of carbonyl (C=O) groups excluding carboxylic acids is 1. The molecule has 0 spiro atoms. The molecule has 126 valence electrons. The summed E-state index contributed by atoms with van der Waals surface area (Å²) in [5, 5.41) is 9.17. The number of ether oxygens (including phenoxy) is 2. The molecule has 2 rings (SSSR count). The van der Waals surface area contributed by atoms with Crippen LogP contribution in [0, 0.1) is 17.3 Å². The molecule has 2 heterocycles. The maximum Gasteiger partial charge on any atom is 0.288 e. The Morgan fingerprint density at radius 2 is 2.14 bits per heavy atom. The molecule has 5 nitrogen and oxygen atoms in total. The van der Waals surface area contributed by atoms with Crippen LogP contribution < -0.4 is 0 Å². The first-order valence-electron chi connectivity index (χ1n) is 8.28. The van der Waals surface area contributed by atoms with E-state index in [1.807, 2.05) is 13.0 Å². The Hall–Kier alpha value is -1.07. The molecular weight excluding hydrogens is 282 g/mol. The molecule has 0 radical (unpaired) electrons. The maximum absolute atomic E-state index is 12.3. The van der Waals surface area contributed by atoms with Crippen molar-refractivity contribution in [2.45, 2.75) is 46.8 Å². The molecule has 3 atom stereocenters. The van der Waals surface area contributed by atoms with Gasteiger partial charge in [0.15, 0.2) is 5.76 Å². The Labute approximate surface area is 133 Å². The topological polar surface area (TPSA) is 58.8 Å². The summed E-state index contributed by atoms with van der Waals surface area (Å²) in [6.45, 7) is 10.8. The van der Waals surface area contributed by atoms with Crippen LogP contribution in [0.15, 0.2) is 11.8 Å². The second kappa shape index (κ2) is 7.01. The summed E-state index contributed by atoms with van der Waals surface area (Å²) in [7, 11) is 0. The summed E-state index contributed by atoms with van der Waals surface area (Å²) >= 11 is 0. The Bertz CT molecular complexity index is 423. The van der Waals surface area contributed by atoms with Gasteiger partial charge in [-0.25, -0.2) is 0 Å². The van der Waals surface area contributed by atoms with Crippen molar-refractivity contribution in [3.8, 4) is 0 Å². The zero-order chi connectivity index (χ0) is 16.3. The predicted molar refractivity (Wildman–Crippen MR) is 83.9 cm³/mol. The van der Waals surface area contributed by atoms with Crippen LogP contribution in [-0.2, 0) is 14.3 Å². The van der Waals surface area contributed by atoms with Crippen LogP contribution in [-0.4, -0.2) is 48.5 Å². The van der Waals surface area contributed by atoms with E-state index in [0.717, 1.165) is 19.5 Å². The monoisotopic (exact) mass is 311 g/mol. The number of amides is 1. The highest BCUT2D eigenvalue weighted by atomic mass is 16.7. The van der Waals surface area contributed by atoms with Gasteiger partial charge in [-0.1, -0.05) is 20.8 Å². The lowest BCUT2D eigenvalue weighted by atomic mass is 9.70. The molecule has 1 fully saturated rings. The van der Waals surface area contributed by atoms with E-state index in [4.69, 9.17) is 14.6 Å². The molecule has 0 aliphatic carbocycles. The highest BCUT2D eigenvalue weighted by Crippen LogP contribution is 2.43. The van der Waals surface area contributed by atoms with Gasteiger partial charge in [0.1, 0.15) is 0 Å². The quantitative estimate of drug-likeness (QED) is 0.764. The molecule has 1 amide bonds. The first kappa shape index (κ1) is 17.3. The van der Waals surface area contributed by atoms with Crippen molar-refractivity contribution in [1.29, 1.82) is 0 Å². The number of allylic oxidation sites excluding steroid dienone is 1. The summed E-state index contributed by atoms with van der Waals surface area (Å²) in [5.74, 6) is 0.733. The fourth-order valence-electron chi connectivity index (χ4n) is 3.10. The van der Waals surface area contributed by atoms with Crippen molar-refractivity contribution in [3.05, 3.63) is 11.8 Å². The van der Waals surface area contributed by atoms with Gasteiger partial charge in [0.2, 0.25) is 6.29 Å². The summed E-state index contributed by atoms with van der Waals surface area (Å²) in [4.78, 5) is 14.1. The van der Waals surface area contributed by atoms with E-state index in [0.29, 0.717) is 18.8 Å². The minimum atomic E-state index is -0.412. The predicted octanol–water partition coefficient (Wildman–Crippen LogP) is 2.16. The minimum absolute atomic E-state index is 0.00364. The van der Waals surface area contributed by atoms with E-state index in [9.17, 15) is 4.79 Å². The number of hydrogen-bond acceptors (Lipinski definition) is 4. The van der Waals surface area contributed by atoms with Crippen LogP contribution in [0.2, 0.25) is 0 Å². The fraction of sp³-hybridized carbons (Fsp3) is 0.824. The van der Waals surface area contributed by atoms with E-state index in [1.165, 1.54) is 0 Å². The molecule has 0 unspecified atom stereocenters. The van der Waals surface area contributed by atoms with Gasteiger partial charge in [-0.15, -0.1) is 0 Å². The molecule has 0 saturated carbocycles. The molecule has 1 N–H and O–H groups in total.